The van der Waals surface area contributed by atoms with E-state index in [0.29, 0.717) is 23.9 Å². The maximum absolute atomic E-state index is 13.1. The number of carbonyl (C=O) groups is 1. The van der Waals surface area contributed by atoms with Gasteiger partial charge in [0.15, 0.2) is 5.65 Å². The SMILES string of the molecule is COc1ccc(N2CCN(C(=O)CSc3nc(C(C)(C)C)nc4c3c(=O)n(C)c(=O)n4C)CC2)cc1. The van der Waals surface area contributed by atoms with Crippen LogP contribution in [0.15, 0.2) is 38.9 Å². The zero-order valence-electron chi connectivity index (χ0n) is 21.6. The lowest BCUT2D eigenvalue weighted by atomic mass is 9.96. The molecule has 0 atom stereocenters. The molecule has 0 saturated carbocycles. The van der Waals surface area contributed by atoms with Gasteiger partial charge in [0.1, 0.15) is 22.0 Å². The number of thioether (sulfide) groups is 1. The summed E-state index contributed by atoms with van der Waals surface area (Å²) in [7, 11) is 4.67. The van der Waals surface area contributed by atoms with Crippen molar-refractivity contribution in [2.75, 3.05) is 43.9 Å². The molecule has 192 valence electrons. The molecule has 10 nitrogen and oxygen atoms in total. The highest BCUT2D eigenvalue weighted by Crippen LogP contribution is 2.27. The third-order valence-electron chi connectivity index (χ3n) is 6.34. The van der Waals surface area contributed by atoms with Crippen molar-refractivity contribution in [3.8, 4) is 5.75 Å². The largest absolute Gasteiger partial charge is 0.497 e. The summed E-state index contributed by atoms with van der Waals surface area (Å²) in [6.07, 6.45) is 0. The van der Waals surface area contributed by atoms with E-state index in [2.05, 4.69) is 14.9 Å². The van der Waals surface area contributed by atoms with Crippen molar-refractivity contribution >= 4 is 34.4 Å². The van der Waals surface area contributed by atoms with Crippen molar-refractivity contribution in [1.29, 1.82) is 0 Å². The molecular weight excluding hydrogens is 480 g/mol. The predicted octanol–water partition coefficient (Wildman–Crippen LogP) is 1.77. The molecule has 0 bridgehead atoms. The van der Waals surface area contributed by atoms with Gasteiger partial charge in [-0.25, -0.2) is 14.8 Å². The van der Waals surface area contributed by atoms with E-state index >= 15 is 0 Å². The zero-order valence-corrected chi connectivity index (χ0v) is 22.4. The van der Waals surface area contributed by atoms with Gasteiger partial charge in [-0.3, -0.25) is 18.7 Å². The van der Waals surface area contributed by atoms with E-state index in [1.165, 1.54) is 23.4 Å². The molecule has 0 aliphatic carbocycles. The summed E-state index contributed by atoms with van der Waals surface area (Å²) >= 11 is 1.22. The number of aromatic nitrogens is 4. The van der Waals surface area contributed by atoms with E-state index in [9.17, 15) is 14.4 Å². The minimum absolute atomic E-state index is 0.0138. The highest BCUT2D eigenvalue weighted by atomic mass is 32.2. The second kappa shape index (κ2) is 9.96. The Bertz CT molecular complexity index is 1400. The lowest BCUT2D eigenvalue weighted by Gasteiger charge is -2.36. The fourth-order valence-electron chi connectivity index (χ4n) is 4.10. The predicted molar refractivity (Wildman–Crippen MR) is 141 cm³/mol. The average molecular weight is 513 g/mol. The molecule has 36 heavy (non-hydrogen) atoms. The first-order chi connectivity index (χ1) is 17.0. The van der Waals surface area contributed by atoms with Crippen LogP contribution in [0.1, 0.15) is 26.6 Å². The molecular formula is C25H32N6O4S. The Labute approximate surface area is 213 Å². The quantitative estimate of drug-likeness (QED) is 0.377. The number of aryl methyl sites for hydroxylation is 1. The molecule has 1 fully saturated rings. The van der Waals surface area contributed by atoms with Crippen LogP contribution in [0.3, 0.4) is 0 Å². The fourth-order valence-corrected chi connectivity index (χ4v) is 5.01. The normalized spacial score (nSPS) is 14.4. The van der Waals surface area contributed by atoms with Crippen LogP contribution in [0.4, 0.5) is 5.69 Å². The van der Waals surface area contributed by atoms with Crippen molar-refractivity contribution in [3.05, 3.63) is 50.9 Å². The molecule has 11 heteroatoms. The number of rotatable bonds is 5. The van der Waals surface area contributed by atoms with Gasteiger partial charge in [0.05, 0.1) is 12.9 Å². The Morgan fingerprint density at radius 1 is 1.00 bits per heavy atom. The third kappa shape index (κ3) is 4.97. The molecule has 1 aromatic carbocycles. The van der Waals surface area contributed by atoms with Crippen molar-refractivity contribution < 1.29 is 9.53 Å². The van der Waals surface area contributed by atoms with Gasteiger partial charge < -0.3 is 14.5 Å². The molecule has 1 amide bonds. The van der Waals surface area contributed by atoms with Crippen LogP contribution in [-0.4, -0.2) is 69.0 Å². The van der Waals surface area contributed by atoms with Gasteiger partial charge in [-0.15, -0.1) is 0 Å². The van der Waals surface area contributed by atoms with E-state index < -0.39 is 16.7 Å². The summed E-state index contributed by atoms with van der Waals surface area (Å²) in [6, 6.07) is 7.91. The average Bonchev–Trinajstić information content (AvgIpc) is 2.88. The van der Waals surface area contributed by atoms with Crippen LogP contribution in [0.25, 0.3) is 11.0 Å². The van der Waals surface area contributed by atoms with Gasteiger partial charge in [-0.05, 0) is 24.3 Å². The molecule has 1 aliphatic heterocycles. The number of benzene rings is 1. The molecule has 2 aromatic heterocycles. The molecule has 0 spiro atoms. The molecule has 0 unspecified atom stereocenters. The number of nitrogens with zero attached hydrogens (tertiary/aromatic N) is 6. The fraction of sp³-hybridized carbons (Fsp3) is 0.480. The number of fused-ring (bicyclic) bond motifs is 1. The van der Waals surface area contributed by atoms with E-state index in [1.54, 1.807) is 14.2 Å². The third-order valence-corrected chi connectivity index (χ3v) is 7.30. The minimum Gasteiger partial charge on any atom is -0.497 e. The summed E-state index contributed by atoms with van der Waals surface area (Å²) < 4.78 is 7.63. The van der Waals surface area contributed by atoms with Crippen LogP contribution in [0.5, 0.6) is 5.75 Å². The van der Waals surface area contributed by atoms with Crippen LogP contribution < -0.4 is 20.9 Å². The van der Waals surface area contributed by atoms with Crippen molar-refractivity contribution in [3.63, 3.8) is 0 Å². The summed E-state index contributed by atoms with van der Waals surface area (Å²) in [5, 5.41) is 0.682. The number of hydrogen-bond acceptors (Lipinski definition) is 8. The van der Waals surface area contributed by atoms with E-state index in [-0.39, 0.29) is 22.7 Å². The van der Waals surface area contributed by atoms with Crippen molar-refractivity contribution in [1.82, 2.24) is 24.0 Å². The Hall–Kier alpha value is -3.34. The Kier molecular flexibility index (Phi) is 7.12. The number of methoxy groups -OCH3 is 1. The number of ether oxygens (including phenoxy) is 1. The van der Waals surface area contributed by atoms with Gasteiger partial charge >= 0.3 is 5.69 Å². The standard InChI is InChI=1S/C25H32N6O4S/c1-25(2,3)23-26-20-19(22(33)29(5)24(34)28(20)4)21(27-23)36-15-18(32)31-13-11-30(12-14-31)16-7-9-17(35-6)10-8-16/h7-10H,11-15H2,1-6H3. The minimum atomic E-state index is -0.461. The first-order valence-electron chi connectivity index (χ1n) is 11.8. The van der Waals surface area contributed by atoms with Gasteiger partial charge in [0.25, 0.3) is 5.56 Å². The Morgan fingerprint density at radius 2 is 1.64 bits per heavy atom. The number of carbonyl (C=O) groups excluding carboxylic acids is 1. The summed E-state index contributed by atoms with van der Waals surface area (Å²) in [6.45, 7) is 8.59. The molecule has 1 aliphatic rings. The van der Waals surface area contributed by atoms with Gasteiger partial charge in [0.2, 0.25) is 5.91 Å². The second-order valence-corrected chi connectivity index (χ2v) is 10.8. The molecule has 1 saturated heterocycles. The van der Waals surface area contributed by atoms with Crippen molar-refractivity contribution in [2.24, 2.45) is 14.1 Å². The lowest BCUT2D eigenvalue weighted by Crippen LogP contribution is -2.49. The molecule has 3 aromatic rings. The molecule has 3 heterocycles. The van der Waals surface area contributed by atoms with Gasteiger partial charge in [0, 0.05) is 51.4 Å². The van der Waals surface area contributed by atoms with Crippen LogP contribution in [0.2, 0.25) is 0 Å². The maximum atomic E-state index is 13.1. The summed E-state index contributed by atoms with van der Waals surface area (Å²) in [4.78, 5) is 51.9. The van der Waals surface area contributed by atoms with Gasteiger partial charge in [-0.2, -0.15) is 0 Å². The van der Waals surface area contributed by atoms with Gasteiger partial charge in [-0.1, -0.05) is 32.5 Å². The molecule has 0 radical (unpaired) electrons. The Morgan fingerprint density at radius 3 is 2.22 bits per heavy atom. The van der Waals surface area contributed by atoms with E-state index in [4.69, 9.17) is 4.74 Å². The first kappa shape index (κ1) is 25.7. The van der Waals surface area contributed by atoms with E-state index in [1.807, 2.05) is 49.9 Å². The topological polar surface area (TPSA) is 103 Å². The summed E-state index contributed by atoms with van der Waals surface area (Å²) in [5.41, 5.74) is 0.0685. The van der Waals surface area contributed by atoms with E-state index in [0.717, 1.165) is 29.1 Å². The Balaban J connectivity index is 1.52. The maximum Gasteiger partial charge on any atom is 0.332 e. The number of piperazine rings is 1. The molecule has 0 N–H and O–H groups in total. The molecule has 4 rings (SSSR count). The second-order valence-electron chi connectivity index (χ2n) is 9.86. The zero-order chi connectivity index (χ0) is 26.2. The number of amides is 1. The highest BCUT2D eigenvalue weighted by molar-refractivity contribution is 8.00. The van der Waals surface area contributed by atoms with Crippen molar-refractivity contribution in [2.45, 2.75) is 31.2 Å². The smallest absolute Gasteiger partial charge is 0.332 e. The lowest BCUT2D eigenvalue weighted by molar-refractivity contribution is -0.128. The van der Waals surface area contributed by atoms with Crippen LogP contribution >= 0.6 is 11.8 Å². The highest BCUT2D eigenvalue weighted by Gasteiger charge is 2.26. The first-order valence-corrected chi connectivity index (χ1v) is 12.8. The number of anilines is 1. The van der Waals surface area contributed by atoms with Crippen LogP contribution in [0, 0.1) is 0 Å². The monoisotopic (exact) mass is 512 g/mol. The summed E-state index contributed by atoms with van der Waals surface area (Å²) in [5.74, 6) is 1.46. The number of hydrogen-bond donors (Lipinski definition) is 0. The van der Waals surface area contributed by atoms with Crippen LogP contribution in [-0.2, 0) is 24.3 Å².